The Morgan fingerprint density at radius 2 is 1.75 bits per heavy atom. The van der Waals surface area contributed by atoms with Crippen LogP contribution in [-0.4, -0.2) is 6.10 Å². The Bertz CT molecular complexity index is 146. The molecule has 1 aliphatic carbocycles. The molecular weight excluding hydrogens is 148 g/mol. The number of rotatable bonds is 0. The molecule has 1 aliphatic rings. The van der Waals surface area contributed by atoms with Crippen molar-refractivity contribution >= 4 is 0 Å². The van der Waals surface area contributed by atoms with E-state index < -0.39 is 0 Å². The van der Waals surface area contributed by atoms with E-state index >= 15 is 0 Å². The van der Waals surface area contributed by atoms with Gasteiger partial charge in [0.15, 0.2) is 0 Å². The summed E-state index contributed by atoms with van der Waals surface area (Å²) in [6, 6.07) is 0. The summed E-state index contributed by atoms with van der Waals surface area (Å²) in [5.41, 5.74) is 0.209. The van der Waals surface area contributed by atoms with Gasteiger partial charge in [-0.25, -0.2) is 5.11 Å². The van der Waals surface area contributed by atoms with Gasteiger partial charge in [-0.3, -0.25) is 0 Å². The molecule has 0 aromatic heterocycles. The molecule has 71 valence electrons. The van der Waals surface area contributed by atoms with Gasteiger partial charge in [-0.1, -0.05) is 34.1 Å². The van der Waals surface area contributed by atoms with Gasteiger partial charge in [-0.2, -0.15) is 0 Å². The van der Waals surface area contributed by atoms with Crippen LogP contribution in [0.3, 0.4) is 0 Å². The van der Waals surface area contributed by atoms with E-state index in [1.54, 1.807) is 0 Å². The molecular formula is C11H21O. The van der Waals surface area contributed by atoms with Gasteiger partial charge in [-0.15, -0.1) is 0 Å². The van der Waals surface area contributed by atoms with E-state index in [1.165, 1.54) is 6.42 Å². The predicted octanol–water partition coefficient (Wildman–Crippen LogP) is 3.27. The lowest BCUT2D eigenvalue weighted by atomic mass is 9.68. The monoisotopic (exact) mass is 169 g/mol. The minimum absolute atomic E-state index is 0.209. The van der Waals surface area contributed by atoms with Crippen LogP contribution in [0.15, 0.2) is 0 Å². The van der Waals surface area contributed by atoms with Gasteiger partial charge in [0, 0.05) is 0 Å². The van der Waals surface area contributed by atoms with Crippen molar-refractivity contribution < 1.29 is 5.11 Å². The third-order valence-corrected chi connectivity index (χ3v) is 3.24. The van der Waals surface area contributed by atoms with E-state index in [0.717, 1.165) is 12.8 Å². The van der Waals surface area contributed by atoms with Gasteiger partial charge in [0.25, 0.3) is 0 Å². The minimum atomic E-state index is -0.321. The largest absolute Gasteiger partial charge is 0.232 e. The fourth-order valence-electron chi connectivity index (χ4n) is 2.31. The van der Waals surface area contributed by atoms with Crippen molar-refractivity contribution in [3.05, 3.63) is 0 Å². The molecule has 1 heteroatoms. The van der Waals surface area contributed by atoms with E-state index in [2.05, 4.69) is 27.7 Å². The first-order chi connectivity index (χ1) is 5.43. The van der Waals surface area contributed by atoms with Crippen LogP contribution >= 0.6 is 0 Å². The molecule has 0 saturated heterocycles. The van der Waals surface area contributed by atoms with Crippen LogP contribution in [0, 0.1) is 17.3 Å². The van der Waals surface area contributed by atoms with Crippen molar-refractivity contribution in [2.45, 2.75) is 53.1 Å². The molecule has 0 heterocycles. The van der Waals surface area contributed by atoms with Gasteiger partial charge in [-0.05, 0) is 30.1 Å². The van der Waals surface area contributed by atoms with Crippen molar-refractivity contribution in [2.75, 3.05) is 0 Å². The molecule has 0 aliphatic heterocycles. The highest BCUT2D eigenvalue weighted by Gasteiger charge is 2.37. The van der Waals surface area contributed by atoms with Crippen LogP contribution in [0.2, 0.25) is 0 Å². The van der Waals surface area contributed by atoms with E-state index in [1.807, 2.05) is 0 Å². The second kappa shape index (κ2) is 3.37. The Balaban J connectivity index is 2.64. The predicted molar refractivity (Wildman–Crippen MR) is 50.4 cm³/mol. The highest BCUT2D eigenvalue weighted by atomic mass is 16.3. The first kappa shape index (κ1) is 10.0. The maximum absolute atomic E-state index is 11.9. The molecule has 1 radical (unpaired) electrons. The summed E-state index contributed by atoms with van der Waals surface area (Å²) in [6.07, 6.45) is 3.21. The van der Waals surface area contributed by atoms with Gasteiger partial charge in [0.1, 0.15) is 0 Å². The van der Waals surface area contributed by atoms with Crippen molar-refractivity contribution in [3.8, 4) is 0 Å². The van der Waals surface area contributed by atoms with Crippen molar-refractivity contribution in [3.63, 3.8) is 0 Å². The topological polar surface area (TPSA) is 19.9 Å². The number of hydrogen-bond donors (Lipinski definition) is 0. The van der Waals surface area contributed by atoms with Crippen LogP contribution in [0.5, 0.6) is 0 Å². The molecule has 12 heavy (non-hydrogen) atoms. The molecule has 0 aromatic rings. The van der Waals surface area contributed by atoms with E-state index in [-0.39, 0.29) is 11.5 Å². The van der Waals surface area contributed by atoms with Crippen LogP contribution < -0.4 is 0 Å². The zero-order valence-electron chi connectivity index (χ0n) is 8.76. The molecule has 3 unspecified atom stereocenters. The summed E-state index contributed by atoms with van der Waals surface area (Å²) in [4.78, 5) is 0. The quantitative estimate of drug-likeness (QED) is 0.530. The average Bonchev–Trinajstić information content (AvgIpc) is 1.92. The van der Waals surface area contributed by atoms with E-state index in [4.69, 9.17) is 0 Å². The average molecular weight is 169 g/mol. The van der Waals surface area contributed by atoms with Crippen molar-refractivity contribution in [1.82, 2.24) is 0 Å². The Morgan fingerprint density at radius 3 is 2.17 bits per heavy atom. The molecule has 3 atom stereocenters. The molecule has 0 aromatic carbocycles. The minimum Gasteiger partial charge on any atom is -0.232 e. The van der Waals surface area contributed by atoms with Crippen LogP contribution in [-0.2, 0) is 5.11 Å². The van der Waals surface area contributed by atoms with Crippen LogP contribution in [0.4, 0.5) is 0 Å². The molecule has 1 fully saturated rings. The lowest BCUT2D eigenvalue weighted by Gasteiger charge is -2.39. The zero-order chi connectivity index (χ0) is 9.35. The summed E-state index contributed by atoms with van der Waals surface area (Å²) in [6.45, 7) is 8.69. The molecule has 0 bridgehead atoms. The summed E-state index contributed by atoms with van der Waals surface area (Å²) < 4.78 is 0. The maximum atomic E-state index is 11.9. The van der Waals surface area contributed by atoms with Gasteiger partial charge in [0.2, 0.25) is 0 Å². The standard InChI is InChI=1S/C11H21O/c1-8-6-5-7-9(10(8)12)11(2,3)4/h8-10H,5-7H2,1-4H3. The van der Waals surface area contributed by atoms with E-state index in [0.29, 0.717) is 11.8 Å². The molecule has 1 saturated carbocycles. The lowest BCUT2D eigenvalue weighted by Crippen LogP contribution is -2.38. The van der Waals surface area contributed by atoms with Gasteiger partial charge < -0.3 is 0 Å². The Morgan fingerprint density at radius 1 is 1.17 bits per heavy atom. The molecule has 0 N–H and O–H groups in total. The summed E-state index contributed by atoms with van der Waals surface area (Å²) in [5, 5.41) is 11.9. The number of hydrogen-bond acceptors (Lipinski definition) is 0. The third kappa shape index (κ3) is 2.01. The van der Waals surface area contributed by atoms with Crippen LogP contribution in [0.1, 0.15) is 47.0 Å². The molecule has 0 spiro atoms. The second-order valence-corrected chi connectivity index (χ2v) is 5.35. The molecule has 1 nitrogen and oxygen atoms in total. The Labute approximate surface area is 76.2 Å². The summed E-state index contributed by atoms with van der Waals surface area (Å²) in [5.74, 6) is 0.782. The van der Waals surface area contributed by atoms with Gasteiger partial charge in [0.05, 0.1) is 6.10 Å². The normalized spacial score (nSPS) is 38.2. The van der Waals surface area contributed by atoms with E-state index in [9.17, 15) is 5.11 Å². The van der Waals surface area contributed by atoms with Gasteiger partial charge >= 0.3 is 0 Å². The summed E-state index contributed by atoms with van der Waals surface area (Å²) >= 11 is 0. The maximum Gasteiger partial charge on any atom is 0.0988 e. The first-order valence-electron chi connectivity index (χ1n) is 5.08. The van der Waals surface area contributed by atoms with Crippen molar-refractivity contribution in [2.24, 2.45) is 17.3 Å². The highest BCUT2D eigenvalue weighted by molar-refractivity contribution is 4.86. The third-order valence-electron chi connectivity index (χ3n) is 3.24. The highest BCUT2D eigenvalue weighted by Crippen LogP contribution is 2.40. The van der Waals surface area contributed by atoms with Crippen LogP contribution in [0.25, 0.3) is 0 Å². The molecule has 0 amide bonds. The fourth-order valence-corrected chi connectivity index (χ4v) is 2.31. The van der Waals surface area contributed by atoms with Crippen molar-refractivity contribution in [1.29, 1.82) is 0 Å². The zero-order valence-corrected chi connectivity index (χ0v) is 8.76. The Hall–Kier alpha value is -0.0400. The Kier molecular flexibility index (Phi) is 2.82. The first-order valence-corrected chi connectivity index (χ1v) is 5.08. The second-order valence-electron chi connectivity index (χ2n) is 5.35. The SMILES string of the molecule is CC1CCCC(C(C)(C)C)C1[O]. The fraction of sp³-hybridized carbons (Fsp3) is 1.00. The summed E-state index contributed by atoms with van der Waals surface area (Å²) in [7, 11) is 0. The molecule has 1 rings (SSSR count). The lowest BCUT2D eigenvalue weighted by molar-refractivity contribution is -0.0677. The smallest absolute Gasteiger partial charge is 0.0988 e.